The number of aromatic nitrogens is 3. The van der Waals surface area contributed by atoms with Crippen LogP contribution in [0.5, 0.6) is 0 Å². The van der Waals surface area contributed by atoms with Gasteiger partial charge in [-0.1, -0.05) is 11.2 Å². The van der Waals surface area contributed by atoms with Gasteiger partial charge in [0.05, 0.1) is 10.6 Å². The normalized spacial score (nSPS) is 14.1. The van der Waals surface area contributed by atoms with Gasteiger partial charge >= 0.3 is 0 Å². The van der Waals surface area contributed by atoms with Crippen LogP contribution in [0.4, 0.5) is 11.4 Å². The van der Waals surface area contributed by atoms with E-state index in [2.05, 4.69) is 31.4 Å². The lowest BCUT2D eigenvalue weighted by atomic mass is 10.0. The number of hydrogen-bond donors (Lipinski definition) is 1. The minimum absolute atomic E-state index is 0.0910. The van der Waals surface area contributed by atoms with Crippen LogP contribution in [-0.4, -0.2) is 34.1 Å². The Morgan fingerprint density at radius 1 is 1.13 bits per heavy atom. The number of rotatable bonds is 6. The number of carbonyl (C=O) groups is 1. The monoisotopic (exact) mass is 433 g/mol. The number of nitrogens with one attached hydrogen (secondary N) is 1. The summed E-state index contributed by atoms with van der Waals surface area (Å²) >= 11 is 1.55. The minimum Gasteiger partial charge on any atom is -0.371 e. The summed E-state index contributed by atoms with van der Waals surface area (Å²) < 4.78 is 5.29. The zero-order valence-corrected chi connectivity index (χ0v) is 17.9. The highest BCUT2D eigenvalue weighted by atomic mass is 32.1. The molecule has 0 radical (unpaired) electrons. The predicted octanol–water partition coefficient (Wildman–Crippen LogP) is 4.91. The van der Waals surface area contributed by atoms with Crippen LogP contribution in [0.1, 0.15) is 31.6 Å². The third kappa shape index (κ3) is 4.29. The molecule has 158 valence electrons. The Bertz CT molecular complexity index is 1180. The van der Waals surface area contributed by atoms with Gasteiger partial charge in [-0.25, -0.2) is 0 Å². The van der Waals surface area contributed by atoms with Gasteiger partial charge in [-0.2, -0.15) is 4.98 Å². The third-order valence-corrected chi connectivity index (χ3v) is 6.41. The second-order valence-electron chi connectivity index (χ2n) is 7.64. The van der Waals surface area contributed by atoms with E-state index in [4.69, 9.17) is 4.52 Å². The summed E-state index contributed by atoms with van der Waals surface area (Å²) in [6, 6.07) is 10.00. The quantitative estimate of drug-likeness (QED) is 0.465. The first-order valence-electron chi connectivity index (χ1n) is 10.6. The number of nitrogens with zero attached hydrogens (tertiary/aromatic N) is 4. The molecule has 1 aliphatic heterocycles. The average Bonchev–Trinajstić information content (AvgIpc) is 3.51. The van der Waals surface area contributed by atoms with Crippen molar-refractivity contribution in [2.24, 2.45) is 0 Å². The average molecular weight is 434 g/mol. The van der Waals surface area contributed by atoms with Crippen LogP contribution in [0, 0.1) is 0 Å². The first kappa shape index (κ1) is 19.7. The van der Waals surface area contributed by atoms with E-state index < -0.39 is 0 Å². The Morgan fingerprint density at radius 3 is 2.87 bits per heavy atom. The van der Waals surface area contributed by atoms with Gasteiger partial charge in [0.1, 0.15) is 0 Å². The number of fused-ring (bicyclic) bond motifs is 1. The molecule has 7 nitrogen and oxygen atoms in total. The largest absolute Gasteiger partial charge is 0.371 e. The number of thiophene rings is 1. The molecule has 0 unspecified atom stereocenters. The van der Waals surface area contributed by atoms with E-state index in [9.17, 15) is 4.79 Å². The lowest BCUT2D eigenvalue weighted by Crippen LogP contribution is -2.29. The summed E-state index contributed by atoms with van der Waals surface area (Å²) in [5.41, 5.74) is 1.99. The molecule has 0 atom stereocenters. The fourth-order valence-electron chi connectivity index (χ4n) is 3.99. The molecule has 1 aliphatic rings. The van der Waals surface area contributed by atoms with Crippen LogP contribution >= 0.6 is 11.3 Å². The number of aryl methyl sites for hydroxylation is 1. The van der Waals surface area contributed by atoms with Crippen molar-refractivity contribution in [2.75, 3.05) is 23.3 Å². The highest BCUT2D eigenvalue weighted by Crippen LogP contribution is 2.33. The van der Waals surface area contributed by atoms with E-state index in [0.29, 0.717) is 18.1 Å². The number of carbonyl (C=O) groups excluding carboxylic acids is 1. The summed E-state index contributed by atoms with van der Waals surface area (Å²) in [5, 5.41) is 11.1. The van der Waals surface area contributed by atoms with Gasteiger partial charge in [0, 0.05) is 54.8 Å². The second kappa shape index (κ2) is 8.85. The molecule has 0 spiro atoms. The molecule has 3 aromatic heterocycles. The molecule has 0 aliphatic carbocycles. The first-order chi connectivity index (χ1) is 15.3. The molecular formula is C23H23N5O2S. The number of hydrogen-bond acceptors (Lipinski definition) is 7. The SMILES string of the molecule is O=C(CCc1nc(-c2cccs2)no1)Nc1ccc(N2CCCCC2)c2ccncc12. The molecule has 1 aromatic carbocycles. The van der Waals surface area contributed by atoms with Crippen molar-refractivity contribution in [2.45, 2.75) is 32.1 Å². The number of anilines is 2. The van der Waals surface area contributed by atoms with Gasteiger partial charge in [-0.3, -0.25) is 9.78 Å². The molecule has 1 fully saturated rings. The molecule has 31 heavy (non-hydrogen) atoms. The van der Waals surface area contributed by atoms with Crippen molar-refractivity contribution in [3.8, 4) is 10.7 Å². The standard InChI is InChI=1S/C23H23N5O2S/c29-21(8-9-22-26-23(27-30-22)20-5-4-14-31-20)25-18-6-7-19(28-12-2-1-3-13-28)16-10-11-24-15-17(16)18/h4-7,10-11,14-15H,1-3,8-9,12-13H2,(H,25,29). The summed E-state index contributed by atoms with van der Waals surface area (Å²) in [6.07, 6.45) is 8.02. The molecule has 0 saturated carbocycles. The summed E-state index contributed by atoms with van der Waals surface area (Å²) in [7, 11) is 0. The van der Waals surface area contributed by atoms with E-state index in [1.54, 1.807) is 11.3 Å². The Hall–Kier alpha value is -3.26. The zero-order chi connectivity index (χ0) is 21.0. The third-order valence-electron chi connectivity index (χ3n) is 5.54. The maximum atomic E-state index is 12.6. The molecule has 1 N–H and O–H groups in total. The van der Waals surface area contributed by atoms with Crippen molar-refractivity contribution in [3.05, 3.63) is 54.0 Å². The Morgan fingerprint density at radius 2 is 2.03 bits per heavy atom. The molecule has 1 saturated heterocycles. The van der Waals surface area contributed by atoms with Crippen molar-refractivity contribution >= 4 is 39.4 Å². The highest BCUT2D eigenvalue weighted by Gasteiger charge is 2.16. The molecule has 8 heteroatoms. The molecule has 0 bridgehead atoms. The Kier molecular flexibility index (Phi) is 5.62. The maximum Gasteiger partial charge on any atom is 0.227 e. The smallest absolute Gasteiger partial charge is 0.227 e. The number of piperidine rings is 1. The van der Waals surface area contributed by atoms with Crippen LogP contribution < -0.4 is 10.2 Å². The van der Waals surface area contributed by atoms with E-state index in [-0.39, 0.29) is 12.3 Å². The summed E-state index contributed by atoms with van der Waals surface area (Å²) in [5.74, 6) is 0.938. The van der Waals surface area contributed by atoms with Gasteiger partial charge in [0.25, 0.3) is 0 Å². The van der Waals surface area contributed by atoms with E-state index in [0.717, 1.165) is 34.4 Å². The number of benzene rings is 1. The van der Waals surface area contributed by atoms with Gasteiger partial charge in [0.2, 0.25) is 17.6 Å². The van der Waals surface area contributed by atoms with Crippen molar-refractivity contribution in [1.82, 2.24) is 15.1 Å². The number of pyridine rings is 1. The van der Waals surface area contributed by atoms with E-state index in [1.807, 2.05) is 42.0 Å². The van der Waals surface area contributed by atoms with Crippen molar-refractivity contribution in [3.63, 3.8) is 0 Å². The van der Waals surface area contributed by atoms with Gasteiger partial charge in [-0.15, -0.1) is 11.3 Å². The van der Waals surface area contributed by atoms with Crippen LogP contribution in [-0.2, 0) is 11.2 Å². The zero-order valence-electron chi connectivity index (χ0n) is 17.1. The van der Waals surface area contributed by atoms with E-state index >= 15 is 0 Å². The Balaban J connectivity index is 1.28. The molecule has 4 heterocycles. The first-order valence-corrected chi connectivity index (χ1v) is 11.4. The predicted molar refractivity (Wildman–Crippen MR) is 122 cm³/mol. The van der Waals surface area contributed by atoms with Gasteiger partial charge < -0.3 is 14.7 Å². The van der Waals surface area contributed by atoms with Gasteiger partial charge in [0.15, 0.2) is 0 Å². The molecular weight excluding hydrogens is 410 g/mol. The van der Waals surface area contributed by atoms with E-state index in [1.165, 1.54) is 24.9 Å². The minimum atomic E-state index is -0.0910. The van der Waals surface area contributed by atoms with Crippen LogP contribution in [0.3, 0.4) is 0 Å². The van der Waals surface area contributed by atoms with Crippen LogP contribution in [0.2, 0.25) is 0 Å². The lowest BCUT2D eigenvalue weighted by molar-refractivity contribution is -0.116. The maximum absolute atomic E-state index is 12.6. The lowest BCUT2D eigenvalue weighted by Gasteiger charge is -2.30. The molecule has 1 amide bonds. The van der Waals surface area contributed by atoms with Crippen LogP contribution in [0.25, 0.3) is 21.5 Å². The number of amides is 1. The van der Waals surface area contributed by atoms with Crippen LogP contribution in [0.15, 0.2) is 52.6 Å². The molecule has 4 aromatic rings. The fraction of sp³-hybridized carbons (Fsp3) is 0.304. The Labute approximate surface area is 184 Å². The van der Waals surface area contributed by atoms with Gasteiger partial charge in [-0.05, 0) is 48.9 Å². The summed E-state index contributed by atoms with van der Waals surface area (Å²) in [6.45, 7) is 2.14. The highest BCUT2D eigenvalue weighted by molar-refractivity contribution is 7.13. The second-order valence-corrected chi connectivity index (χ2v) is 8.59. The summed E-state index contributed by atoms with van der Waals surface area (Å²) in [4.78, 5) is 24.7. The van der Waals surface area contributed by atoms with Crippen molar-refractivity contribution < 1.29 is 9.32 Å². The topological polar surface area (TPSA) is 84.1 Å². The van der Waals surface area contributed by atoms with Crippen molar-refractivity contribution in [1.29, 1.82) is 0 Å². The fourth-order valence-corrected chi connectivity index (χ4v) is 4.64. The molecule has 5 rings (SSSR count).